The predicted molar refractivity (Wildman–Crippen MR) is 92.2 cm³/mol. The fraction of sp³-hybridized carbons (Fsp3) is 0.235. The minimum absolute atomic E-state index is 0.433. The number of methoxy groups -OCH3 is 1. The van der Waals surface area contributed by atoms with Crippen molar-refractivity contribution in [3.05, 3.63) is 59.2 Å². The first-order chi connectivity index (χ1) is 10.0. The van der Waals surface area contributed by atoms with Crippen molar-refractivity contribution in [3.63, 3.8) is 0 Å². The number of thiocarbonyl (C=S) groups is 1. The van der Waals surface area contributed by atoms with Crippen molar-refractivity contribution in [1.82, 2.24) is 0 Å². The van der Waals surface area contributed by atoms with Gasteiger partial charge in [0.25, 0.3) is 0 Å². The number of hydrogen-bond donors (Lipinski definition) is 1. The van der Waals surface area contributed by atoms with Crippen LogP contribution in [0, 0.1) is 6.92 Å². The lowest BCUT2D eigenvalue weighted by Crippen LogP contribution is -2.18. The van der Waals surface area contributed by atoms with Crippen molar-refractivity contribution in [2.24, 2.45) is 5.73 Å². The first kappa shape index (κ1) is 15.3. The molecule has 0 fully saturated rings. The molecule has 0 spiro atoms. The predicted octanol–water partition coefficient (Wildman–Crippen LogP) is 3.27. The van der Waals surface area contributed by atoms with Crippen molar-refractivity contribution in [2.75, 3.05) is 19.1 Å². The second kappa shape index (κ2) is 6.59. The van der Waals surface area contributed by atoms with Gasteiger partial charge in [-0.3, -0.25) is 0 Å². The van der Waals surface area contributed by atoms with Crippen LogP contribution >= 0.6 is 12.2 Å². The largest absolute Gasteiger partial charge is 0.495 e. The molecule has 0 bridgehead atoms. The van der Waals surface area contributed by atoms with Gasteiger partial charge in [0.15, 0.2) is 0 Å². The Balaban J connectivity index is 2.23. The molecule has 0 aromatic heterocycles. The summed E-state index contributed by atoms with van der Waals surface area (Å²) in [5.74, 6) is 0.873. The molecular weight excluding hydrogens is 280 g/mol. The zero-order chi connectivity index (χ0) is 15.4. The lowest BCUT2D eigenvalue weighted by molar-refractivity contribution is 0.415. The molecule has 2 aromatic rings. The Kier molecular flexibility index (Phi) is 4.81. The van der Waals surface area contributed by atoms with E-state index in [1.807, 2.05) is 30.3 Å². The maximum Gasteiger partial charge on any atom is 0.142 e. The van der Waals surface area contributed by atoms with Gasteiger partial charge in [-0.15, -0.1) is 0 Å². The molecule has 3 nitrogen and oxygen atoms in total. The van der Waals surface area contributed by atoms with Crippen LogP contribution in [0.5, 0.6) is 5.75 Å². The Labute approximate surface area is 131 Å². The highest BCUT2D eigenvalue weighted by Crippen LogP contribution is 2.28. The number of hydrogen-bond acceptors (Lipinski definition) is 3. The minimum atomic E-state index is 0.433. The van der Waals surface area contributed by atoms with Crippen molar-refractivity contribution in [3.8, 4) is 5.75 Å². The Hall–Kier alpha value is -2.07. The number of ether oxygens (including phenoxy) is 1. The van der Waals surface area contributed by atoms with Crippen molar-refractivity contribution in [2.45, 2.75) is 13.5 Å². The molecule has 0 amide bonds. The molecule has 0 aliphatic carbocycles. The van der Waals surface area contributed by atoms with E-state index in [1.165, 1.54) is 11.1 Å². The van der Waals surface area contributed by atoms with E-state index in [9.17, 15) is 0 Å². The number of rotatable bonds is 5. The molecule has 0 radical (unpaired) electrons. The van der Waals surface area contributed by atoms with Crippen LogP contribution in [0.3, 0.4) is 0 Å². The normalized spacial score (nSPS) is 10.2. The second-order valence-corrected chi connectivity index (χ2v) is 5.47. The summed E-state index contributed by atoms with van der Waals surface area (Å²) in [5, 5.41) is 0. The number of nitrogens with two attached hydrogens (primary N) is 1. The van der Waals surface area contributed by atoms with Gasteiger partial charge in [0.1, 0.15) is 10.7 Å². The molecular formula is C17H20N2OS. The molecule has 0 atom stereocenters. The lowest BCUT2D eigenvalue weighted by atomic mass is 10.0. The van der Waals surface area contributed by atoms with Gasteiger partial charge >= 0.3 is 0 Å². The van der Waals surface area contributed by atoms with Crippen LogP contribution in [-0.4, -0.2) is 19.1 Å². The van der Waals surface area contributed by atoms with Crippen LogP contribution in [0.4, 0.5) is 5.69 Å². The fourth-order valence-corrected chi connectivity index (χ4v) is 2.44. The molecule has 21 heavy (non-hydrogen) atoms. The zero-order valence-corrected chi connectivity index (χ0v) is 13.4. The number of anilines is 1. The average molecular weight is 300 g/mol. The zero-order valence-electron chi connectivity index (χ0n) is 12.6. The van der Waals surface area contributed by atoms with Crippen molar-refractivity contribution >= 4 is 22.9 Å². The van der Waals surface area contributed by atoms with E-state index >= 15 is 0 Å². The first-order valence-corrected chi connectivity index (χ1v) is 7.17. The molecule has 0 aliphatic heterocycles. The van der Waals surface area contributed by atoms with Gasteiger partial charge in [0, 0.05) is 19.2 Å². The van der Waals surface area contributed by atoms with E-state index in [0.717, 1.165) is 23.5 Å². The molecule has 0 saturated carbocycles. The average Bonchev–Trinajstić information content (AvgIpc) is 2.48. The summed E-state index contributed by atoms with van der Waals surface area (Å²) in [6, 6.07) is 14.1. The number of benzene rings is 2. The van der Waals surface area contributed by atoms with Gasteiger partial charge in [0.05, 0.1) is 12.8 Å². The van der Waals surface area contributed by atoms with E-state index in [-0.39, 0.29) is 0 Å². The third kappa shape index (κ3) is 3.52. The molecule has 0 aliphatic rings. The van der Waals surface area contributed by atoms with Crippen molar-refractivity contribution < 1.29 is 4.74 Å². The number of para-hydroxylation sites is 2. The minimum Gasteiger partial charge on any atom is -0.495 e. The Morgan fingerprint density at radius 2 is 1.95 bits per heavy atom. The molecule has 110 valence electrons. The van der Waals surface area contributed by atoms with Crippen LogP contribution in [0.1, 0.15) is 16.7 Å². The third-order valence-electron chi connectivity index (χ3n) is 3.53. The molecule has 2 aromatic carbocycles. The number of nitrogens with zero attached hydrogens (tertiary/aromatic N) is 1. The van der Waals surface area contributed by atoms with Gasteiger partial charge in [-0.1, -0.05) is 36.5 Å². The van der Waals surface area contributed by atoms with Gasteiger partial charge in [-0.25, -0.2) is 0 Å². The summed E-state index contributed by atoms with van der Waals surface area (Å²) in [7, 11) is 3.74. The van der Waals surface area contributed by atoms with Gasteiger partial charge in [-0.2, -0.15) is 0 Å². The first-order valence-electron chi connectivity index (χ1n) is 6.76. The molecule has 2 N–H and O–H groups in total. The maximum atomic E-state index is 5.67. The van der Waals surface area contributed by atoms with Gasteiger partial charge in [0.2, 0.25) is 0 Å². The van der Waals surface area contributed by atoms with Crippen LogP contribution in [0.15, 0.2) is 42.5 Å². The summed E-state index contributed by atoms with van der Waals surface area (Å²) in [6.45, 7) is 2.87. The van der Waals surface area contributed by atoms with E-state index in [0.29, 0.717) is 4.99 Å². The maximum absolute atomic E-state index is 5.67. The van der Waals surface area contributed by atoms with E-state index in [1.54, 1.807) is 7.11 Å². The monoisotopic (exact) mass is 300 g/mol. The second-order valence-electron chi connectivity index (χ2n) is 5.03. The summed E-state index contributed by atoms with van der Waals surface area (Å²) < 4.78 is 5.41. The highest BCUT2D eigenvalue weighted by Gasteiger charge is 2.10. The van der Waals surface area contributed by atoms with Crippen LogP contribution in [-0.2, 0) is 6.54 Å². The SMILES string of the molecule is COc1ccccc1N(C)Cc1ccc(C(N)=S)cc1C. The Morgan fingerprint density at radius 3 is 2.57 bits per heavy atom. The molecule has 0 saturated heterocycles. The number of aryl methyl sites for hydroxylation is 1. The van der Waals surface area contributed by atoms with Crippen LogP contribution in [0.25, 0.3) is 0 Å². The molecule has 2 rings (SSSR count). The van der Waals surface area contributed by atoms with Gasteiger partial charge in [-0.05, 0) is 36.2 Å². The Bertz CT molecular complexity index is 655. The van der Waals surface area contributed by atoms with E-state index in [2.05, 4.69) is 31.0 Å². The third-order valence-corrected chi connectivity index (χ3v) is 3.77. The summed E-state index contributed by atoms with van der Waals surface area (Å²) in [4.78, 5) is 2.60. The summed E-state index contributed by atoms with van der Waals surface area (Å²) in [5.41, 5.74) is 10.1. The summed E-state index contributed by atoms with van der Waals surface area (Å²) >= 11 is 5.01. The van der Waals surface area contributed by atoms with E-state index in [4.69, 9.17) is 22.7 Å². The molecule has 4 heteroatoms. The highest BCUT2D eigenvalue weighted by molar-refractivity contribution is 7.80. The topological polar surface area (TPSA) is 38.5 Å². The standard InChI is InChI=1S/C17H20N2OS/c1-12-10-13(17(18)21)8-9-14(12)11-19(2)15-6-4-5-7-16(15)20-3/h4-10H,11H2,1-3H3,(H2,18,21). The quantitative estimate of drug-likeness (QED) is 0.860. The fourth-order valence-electron chi connectivity index (χ4n) is 2.31. The summed E-state index contributed by atoms with van der Waals surface area (Å²) in [6.07, 6.45) is 0. The molecule has 0 unspecified atom stereocenters. The Morgan fingerprint density at radius 1 is 1.24 bits per heavy atom. The van der Waals surface area contributed by atoms with E-state index < -0.39 is 0 Å². The van der Waals surface area contributed by atoms with Crippen LogP contribution in [0.2, 0.25) is 0 Å². The molecule has 0 heterocycles. The van der Waals surface area contributed by atoms with Crippen molar-refractivity contribution in [1.29, 1.82) is 0 Å². The van der Waals surface area contributed by atoms with Crippen LogP contribution < -0.4 is 15.4 Å². The smallest absolute Gasteiger partial charge is 0.142 e. The van der Waals surface area contributed by atoms with Gasteiger partial charge < -0.3 is 15.4 Å². The lowest BCUT2D eigenvalue weighted by Gasteiger charge is -2.22. The highest BCUT2D eigenvalue weighted by atomic mass is 32.1.